The summed E-state index contributed by atoms with van der Waals surface area (Å²) in [7, 11) is 1.60. The summed E-state index contributed by atoms with van der Waals surface area (Å²) in [4.78, 5) is 12.3. The Bertz CT molecular complexity index is 524. The minimum atomic E-state index is -0.0266. The van der Waals surface area contributed by atoms with Gasteiger partial charge in [-0.05, 0) is 11.8 Å². The second-order valence-corrected chi connectivity index (χ2v) is 3.98. The number of nitrogens with zero attached hydrogens (tertiary/aromatic N) is 4. The van der Waals surface area contributed by atoms with Gasteiger partial charge in [0.2, 0.25) is 0 Å². The first kappa shape index (κ1) is 10.8. The number of imidazole rings is 1. The predicted molar refractivity (Wildman–Crippen MR) is 60.1 cm³/mol. The molecule has 0 unspecified atom stereocenters. The molecular weight excluding hydrogens is 228 g/mol. The summed E-state index contributed by atoms with van der Waals surface area (Å²) in [5, 5.41) is 7.77. The molecule has 0 aliphatic heterocycles. The highest BCUT2D eigenvalue weighted by Gasteiger charge is 2.10. The maximum Gasteiger partial charge on any atom is 0.166 e. The Balaban J connectivity index is 2.48. The van der Waals surface area contributed by atoms with Crippen molar-refractivity contribution in [3.63, 3.8) is 0 Å². The van der Waals surface area contributed by atoms with Gasteiger partial charge < -0.3 is 10.5 Å². The van der Waals surface area contributed by atoms with Gasteiger partial charge in [0, 0.05) is 7.11 Å². The molecule has 2 aromatic rings. The van der Waals surface area contributed by atoms with Crippen molar-refractivity contribution in [2.45, 2.75) is 11.8 Å². The fourth-order valence-corrected chi connectivity index (χ4v) is 1.82. The minimum absolute atomic E-state index is 0.0266. The van der Waals surface area contributed by atoms with E-state index in [4.69, 9.17) is 15.9 Å². The van der Waals surface area contributed by atoms with Crippen LogP contribution < -0.4 is 5.73 Å². The van der Waals surface area contributed by atoms with Gasteiger partial charge in [0.05, 0.1) is 6.33 Å². The van der Waals surface area contributed by atoms with E-state index in [1.807, 2.05) is 0 Å². The van der Waals surface area contributed by atoms with Gasteiger partial charge in [-0.15, -0.1) is 0 Å². The molecule has 0 radical (unpaired) electrons. The summed E-state index contributed by atoms with van der Waals surface area (Å²) in [6, 6.07) is 0. The number of hydrogen-bond acceptors (Lipinski definition) is 6. The number of ether oxygens (including phenoxy) is 1. The van der Waals surface area contributed by atoms with Crippen molar-refractivity contribution >= 4 is 28.1 Å². The molecule has 0 aliphatic rings. The van der Waals surface area contributed by atoms with Gasteiger partial charge in [0.1, 0.15) is 23.6 Å². The van der Waals surface area contributed by atoms with Crippen molar-refractivity contribution in [2.75, 3.05) is 7.11 Å². The molecule has 0 fully saturated rings. The number of nitrogens with two attached hydrogens (primary N) is 1. The van der Waals surface area contributed by atoms with Crippen molar-refractivity contribution < 1.29 is 4.74 Å². The number of fused-ring (bicyclic) bond motifs is 1. The molecule has 2 aromatic heterocycles. The van der Waals surface area contributed by atoms with Crippen LogP contribution in [0.15, 0.2) is 17.7 Å². The molecule has 0 aliphatic carbocycles. The number of rotatable bonds is 3. The second kappa shape index (κ2) is 4.45. The van der Waals surface area contributed by atoms with E-state index in [0.717, 1.165) is 11.8 Å². The van der Waals surface area contributed by atoms with Gasteiger partial charge in [0.25, 0.3) is 0 Å². The van der Waals surface area contributed by atoms with Gasteiger partial charge in [0.15, 0.2) is 10.8 Å². The molecule has 0 amide bonds. The zero-order chi connectivity index (χ0) is 11.5. The smallest absolute Gasteiger partial charge is 0.166 e. The first-order valence-corrected chi connectivity index (χ1v) is 5.20. The van der Waals surface area contributed by atoms with E-state index in [1.54, 1.807) is 18.0 Å². The summed E-state index contributed by atoms with van der Waals surface area (Å²) in [5.41, 5.74) is 6.60. The molecule has 0 spiro atoms. The molecule has 2 rings (SSSR count). The van der Waals surface area contributed by atoms with E-state index >= 15 is 0 Å². The van der Waals surface area contributed by atoms with Crippen LogP contribution in [-0.2, 0) is 11.5 Å². The predicted octanol–water partition coefficient (Wildman–Crippen LogP) is 0.416. The number of aromatic nitrogens is 4. The Hall–Kier alpha value is -1.67. The van der Waals surface area contributed by atoms with Crippen LogP contribution in [0.1, 0.15) is 0 Å². The average molecular weight is 238 g/mol. The zero-order valence-electron chi connectivity index (χ0n) is 8.54. The van der Waals surface area contributed by atoms with Crippen molar-refractivity contribution in [3.05, 3.63) is 12.7 Å². The number of nitrogens with one attached hydrogen (secondary N) is 1. The van der Waals surface area contributed by atoms with Gasteiger partial charge in [-0.25, -0.2) is 15.0 Å². The van der Waals surface area contributed by atoms with E-state index in [2.05, 4.69) is 15.0 Å². The van der Waals surface area contributed by atoms with E-state index in [0.29, 0.717) is 22.9 Å². The third-order valence-electron chi connectivity index (χ3n) is 1.84. The van der Waals surface area contributed by atoms with Crippen LogP contribution in [0, 0.1) is 5.41 Å². The quantitative estimate of drug-likeness (QED) is 0.347. The largest absolute Gasteiger partial charge is 0.378 e. The third kappa shape index (κ3) is 1.97. The average Bonchev–Trinajstić information content (AvgIpc) is 2.63. The van der Waals surface area contributed by atoms with Crippen LogP contribution in [0.25, 0.3) is 11.2 Å². The highest BCUT2D eigenvalue weighted by molar-refractivity contribution is 8.13. The molecule has 16 heavy (non-hydrogen) atoms. The Kier molecular flexibility index (Phi) is 3.02. The van der Waals surface area contributed by atoms with Crippen LogP contribution in [-0.4, -0.2) is 31.8 Å². The number of thioether (sulfide) groups is 1. The summed E-state index contributed by atoms with van der Waals surface area (Å²) in [6.45, 7) is 0.373. The standard InChI is InChI=1S/C8H10N6OS/c1-15-4-14-3-13-5-6(14)11-2-12-7(5)16-8(9)10/h2-3H,4H2,1H3,(H3,9,10). The van der Waals surface area contributed by atoms with Crippen LogP contribution in [0.5, 0.6) is 0 Å². The highest BCUT2D eigenvalue weighted by Crippen LogP contribution is 2.22. The Morgan fingerprint density at radius 3 is 3.06 bits per heavy atom. The van der Waals surface area contributed by atoms with Crippen LogP contribution in [0.3, 0.4) is 0 Å². The normalized spacial score (nSPS) is 10.8. The molecule has 7 nitrogen and oxygen atoms in total. The van der Waals surface area contributed by atoms with Gasteiger partial charge >= 0.3 is 0 Å². The maximum absolute atomic E-state index is 7.22. The maximum atomic E-state index is 7.22. The number of methoxy groups -OCH3 is 1. The van der Waals surface area contributed by atoms with Crippen molar-refractivity contribution in [2.24, 2.45) is 5.73 Å². The fourth-order valence-electron chi connectivity index (χ4n) is 1.27. The highest BCUT2D eigenvalue weighted by atomic mass is 32.2. The van der Waals surface area contributed by atoms with Crippen molar-refractivity contribution in [1.29, 1.82) is 5.41 Å². The molecule has 0 aromatic carbocycles. The van der Waals surface area contributed by atoms with Gasteiger partial charge in [-0.2, -0.15) is 0 Å². The van der Waals surface area contributed by atoms with Crippen LogP contribution >= 0.6 is 11.8 Å². The fraction of sp³-hybridized carbons (Fsp3) is 0.250. The lowest BCUT2D eigenvalue weighted by molar-refractivity contribution is 0.134. The molecule has 3 N–H and O–H groups in total. The van der Waals surface area contributed by atoms with Gasteiger partial charge in [-0.3, -0.25) is 9.98 Å². The topological polar surface area (TPSA) is 103 Å². The molecule has 8 heteroatoms. The van der Waals surface area contributed by atoms with E-state index < -0.39 is 0 Å². The zero-order valence-corrected chi connectivity index (χ0v) is 9.36. The third-order valence-corrected chi connectivity index (χ3v) is 2.55. The monoisotopic (exact) mass is 238 g/mol. The molecular formula is C8H10N6OS. The Labute approximate surface area is 95.5 Å². The van der Waals surface area contributed by atoms with Crippen molar-refractivity contribution in [3.8, 4) is 0 Å². The van der Waals surface area contributed by atoms with E-state index in [9.17, 15) is 0 Å². The first-order valence-electron chi connectivity index (χ1n) is 4.39. The molecule has 2 heterocycles. The van der Waals surface area contributed by atoms with Gasteiger partial charge in [-0.1, -0.05) is 0 Å². The lowest BCUT2D eigenvalue weighted by Crippen LogP contribution is -2.04. The first-order chi connectivity index (χ1) is 7.72. The van der Waals surface area contributed by atoms with E-state index in [-0.39, 0.29) is 5.17 Å². The number of amidine groups is 1. The molecule has 0 bridgehead atoms. The minimum Gasteiger partial charge on any atom is -0.378 e. The van der Waals surface area contributed by atoms with E-state index in [1.165, 1.54) is 6.33 Å². The summed E-state index contributed by atoms with van der Waals surface area (Å²) < 4.78 is 6.76. The lowest BCUT2D eigenvalue weighted by atomic mass is 10.5. The molecule has 0 saturated carbocycles. The molecule has 0 saturated heterocycles. The SMILES string of the molecule is COCn1cnc2c(SC(=N)N)ncnc21. The summed E-state index contributed by atoms with van der Waals surface area (Å²) in [6.07, 6.45) is 3.04. The number of hydrogen-bond donors (Lipinski definition) is 2. The van der Waals surface area contributed by atoms with Crippen LogP contribution in [0.4, 0.5) is 0 Å². The Morgan fingerprint density at radius 2 is 2.38 bits per heavy atom. The molecule has 0 atom stereocenters. The second-order valence-electron chi connectivity index (χ2n) is 2.95. The Morgan fingerprint density at radius 1 is 1.56 bits per heavy atom. The lowest BCUT2D eigenvalue weighted by Gasteiger charge is -2.01. The van der Waals surface area contributed by atoms with Crippen molar-refractivity contribution in [1.82, 2.24) is 19.5 Å². The summed E-state index contributed by atoms with van der Waals surface area (Å²) in [5.74, 6) is 0. The molecule has 84 valence electrons. The summed E-state index contributed by atoms with van der Waals surface area (Å²) >= 11 is 1.05. The van der Waals surface area contributed by atoms with Crippen LogP contribution in [0.2, 0.25) is 0 Å².